The zero-order valence-electron chi connectivity index (χ0n) is 11.0. The summed E-state index contributed by atoms with van der Waals surface area (Å²) in [6.45, 7) is 3.12. The number of nitrogens with zero attached hydrogens (tertiary/aromatic N) is 1. The van der Waals surface area contributed by atoms with Gasteiger partial charge in [-0.15, -0.1) is 0 Å². The molecular weight excluding hydrogens is 234 g/mol. The molecule has 0 unspecified atom stereocenters. The molecule has 0 aliphatic heterocycles. The average Bonchev–Trinajstić information content (AvgIpc) is 2.38. The third-order valence-corrected chi connectivity index (χ3v) is 2.70. The van der Waals surface area contributed by atoms with Crippen LogP contribution in [-0.2, 0) is 4.79 Å². The zero-order valence-corrected chi connectivity index (χ0v) is 11.0. The van der Waals surface area contributed by atoms with Gasteiger partial charge in [-0.1, -0.05) is 0 Å². The Balaban J connectivity index is 2.97. The smallest absolute Gasteiger partial charge is 0.305 e. The summed E-state index contributed by atoms with van der Waals surface area (Å²) in [6.07, 6.45) is 0.0915. The third kappa shape index (κ3) is 3.55. The molecule has 0 saturated carbocycles. The van der Waals surface area contributed by atoms with Crippen LogP contribution in [0.1, 0.15) is 13.3 Å². The molecule has 0 aromatic heterocycles. The second-order valence-electron chi connectivity index (χ2n) is 3.76. The molecule has 18 heavy (non-hydrogen) atoms. The summed E-state index contributed by atoms with van der Waals surface area (Å²) in [6, 6.07) is 5.48. The number of hydrogen-bond donors (Lipinski definition) is 1. The molecule has 0 saturated heterocycles. The lowest BCUT2D eigenvalue weighted by Crippen LogP contribution is -2.26. The molecule has 0 radical (unpaired) electrons. The van der Waals surface area contributed by atoms with Crippen LogP contribution < -0.4 is 14.4 Å². The first-order valence-electron chi connectivity index (χ1n) is 5.81. The Morgan fingerprint density at radius 1 is 1.33 bits per heavy atom. The first kappa shape index (κ1) is 14.2. The van der Waals surface area contributed by atoms with Gasteiger partial charge >= 0.3 is 5.97 Å². The van der Waals surface area contributed by atoms with Gasteiger partial charge in [0.25, 0.3) is 0 Å². The summed E-state index contributed by atoms with van der Waals surface area (Å²) < 4.78 is 10.5. The maximum absolute atomic E-state index is 10.6. The van der Waals surface area contributed by atoms with E-state index in [4.69, 9.17) is 14.6 Å². The van der Waals surface area contributed by atoms with Crippen molar-refractivity contribution in [2.45, 2.75) is 13.3 Å². The zero-order chi connectivity index (χ0) is 13.5. The van der Waals surface area contributed by atoms with Gasteiger partial charge in [-0.05, 0) is 19.1 Å². The Hall–Kier alpha value is -1.91. The molecule has 0 aliphatic carbocycles. The monoisotopic (exact) mass is 253 g/mol. The Morgan fingerprint density at radius 2 is 2.06 bits per heavy atom. The number of carbonyl (C=O) groups is 1. The van der Waals surface area contributed by atoms with Crippen LogP contribution in [0, 0.1) is 0 Å². The highest BCUT2D eigenvalue weighted by atomic mass is 16.5. The van der Waals surface area contributed by atoms with Crippen molar-refractivity contribution < 1.29 is 19.4 Å². The lowest BCUT2D eigenvalue weighted by Gasteiger charge is -2.24. The fraction of sp³-hybridized carbons (Fsp3) is 0.462. The topological polar surface area (TPSA) is 59.0 Å². The van der Waals surface area contributed by atoms with E-state index >= 15 is 0 Å². The van der Waals surface area contributed by atoms with Gasteiger partial charge in [-0.2, -0.15) is 0 Å². The van der Waals surface area contributed by atoms with Crippen LogP contribution in [0.3, 0.4) is 0 Å². The van der Waals surface area contributed by atoms with E-state index in [0.717, 1.165) is 11.4 Å². The van der Waals surface area contributed by atoms with Crippen molar-refractivity contribution in [2.75, 3.05) is 32.2 Å². The fourth-order valence-electron chi connectivity index (χ4n) is 1.72. The van der Waals surface area contributed by atoms with Gasteiger partial charge in [0.2, 0.25) is 0 Å². The van der Waals surface area contributed by atoms with Crippen molar-refractivity contribution in [3.8, 4) is 11.5 Å². The average molecular weight is 253 g/mol. The largest absolute Gasteiger partial charge is 0.497 e. The Kier molecular flexibility index (Phi) is 5.30. The minimum Gasteiger partial charge on any atom is -0.497 e. The molecule has 1 aromatic carbocycles. The number of hydrogen-bond acceptors (Lipinski definition) is 4. The highest BCUT2D eigenvalue weighted by Gasteiger charge is 2.13. The first-order valence-corrected chi connectivity index (χ1v) is 5.81. The van der Waals surface area contributed by atoms with Crippen molar-refractivity contribution in [2.24, 2.45) is 0 Å². The molecule has 0 spiro atoms. The van der Waals surface area contributed by atoms with Crippen molar-refractivity contribution in [3.05, 3.63) is 18.2 Å². The lowest BCUT2D eigenvalue weighted by molar-refractivity contribution is -0.136. The number of rotatable bonds is 7. The van der Waals surface area contributed by atoms with Gasteiger partial charge < -0.3 is 19.5 Å². The molecule has 0 amide bonds. The van der Waals surface area contributed by atoms with Crippen molar-refractivity contribution >= 4 is 11.7 Å². The standard InChI is InChI=1S/C13H19NO4/c1-4-14(8-7-13(15)16)11-9-10(17-2)5-6-12(11)18-3/h5-6,9H,4,7-8H2,1-3H3,(H,15,16). The maximum atomic E-state index is 10.6. The summed E-state index contributed by atoms with van der Waals surface area (Å²) in [4.78, 5) is 12.6. The summed E-state index contributed by atoms with van der Waals surface area (Å²) in [5.41, 5.74) is 0.848. The quantitative estimate of drug-likeness (QED) is 0.805. The molecule has 100 valence electrons. The second kappa shape index (κ2) is 6.74. The van der Waals surface area contributed by atoms with Crippen molar-refractivity contribution in [1.82, 2.24) is 0 Å². The second-order valence-corrected chi connectivity index (χ2v) is 3.76. The van der Waals surface area contributed by atoms with Crippen LogP contribution in [-0.4, -0.2) is 38.4 Å². The van der Waals surface area contributed by atoms with Gasteiger partial charge in [0, 0.05) is 19.2 Å². The molecular formula is C13H19NO4. The Bertz CT molecular complexity index is 406. The third-order valence-electron chi connectivity index (χ3n) is 2.70. The molecule has 0 bridgehead atoms. The maximum Gasteiger partial charge on any atom is 0.305 e. The van der Waals surface area contributed by atoms with Gasteiger partial charge in [-0.25, -0.2) is 0 Å². The van der Waals surface area contributed by atoms with Gasteiger partial charge in [0.1, 0.15) is 11.5 Å². The highest BCUT2D eigenvalue weighted by molar-refractivity contribution is 5.68. The number of anilines is 1. The number of methoxy groups -OCH3 is 2. The number of carboxylic acids is 1. The predicted molar refractivity (Wildman–Crippen MR) is 69.7 cm³/mol. The van der Waals surface area contributed by atoms with Gasteiger partial charge in [0.05, 0.1) is 26.3 Å². The van der Waals surface area contributed by atoms with E-state index in [1.807, 2.05) is 30.0 Å². The molecule has 1 N–H and O–H groups in total. The van der Waals surface area contributed by atoms with E-state index in [-0.39, 0.29) is 6.42 Å². The summed E-state index contributed by atoms with van der Waals surface area (Å²) in [7, 11) is 3.19. The van der Waals surface area contributed by atoms with E-state index in [0.29, 0.717) is 18.8 Å². The SMILES string of the molecule is CCN(CCC(=O)O)c1cc(OC)ccc1OC. The molecule has 1 rings (SSSR count). The van der Waals surface area contributed by atoms with Gasteiger partial charge in [0.15, 0.2) is 0 Å². The Labute approximate surface area is 107 Å². The molecule has 0 heterocycles. The van der Waals surface area contributed by atoms with Crippen LogP contribution in [0.4, 0.5) is 5.69 Å². The number of aliphatic carboxylic acids is 1. The number of benzene rings is 1. The molecule has 1 aromatic rings. The first-order chi connectivity index (χ1) is 8.62. The highest BCUT2D eigenvalue weighted by Crippen LogP contribution is 2.32. The van der Waals surface area contributed by atoms with E-state index in [1.54, 1.807) is 14.2 Å². The predicted octanol–water partition coefficient (Wildman–Crippen LogP) is 2.00. The van der Waals surface area contributed by atoms with Crippen LogP contribution in [0.5, 0.6) is 11.5 Å². The van der Waals surface area contributed by atoms with Crippen LogP contribution in [0.2, 0.25) is 0 Å². The molecule has 0 fully saturated rings. The summed E-state index contributed by atoms with van der Waals surface area (Å²) in [5.74, 6) is 0.623. The molecule has 5 heteroatoms. The van der Waals surface area contributed by atoms with Crippen molar-refractivity contribution in [3.63, 3.8) is 0 Å². The summed E-state index contributed by atoms with van der Waals surface area (Å²) >= 11 is 0. The minimum absolute atomic E-state index is 0.0915. The van der Waals surface area contributed by atoms with Crippen molar-refractivity contribution in [1.29, 1.82) is 0 Å². The Morgan fingerprint density at radius 3 is 2.56 bits per heavy atom. The fourth-order valence-corrected chi connectivity index (χ4v) is 1.72. The van der Waals surface area contributed by atoms with E-state index in [2.05, 4.69) is 0 Å². The number of ether oxygens (including phenoxy) is 2. The lowest BCUT2D eigenvalue weighted by atomic mass is 10.2. The van der Waals surface area contributed by atoms with E-state index in [9.17, 15) is 4.79 Å². The van der Waals surface area contributed by atoms with Crippen LogP contribution in [0.15, 0.2) is 18.2 Å². The number of carboxylic acid groups (broad SMARTS) is 1. The molecule has 5 nitrogen and oxygen atoms in total. The van der Waals surface area contributed by atoms with E-state index in [1.165, 1.54) is 0 Å². The normalized spacial score (nSPS) is 9.94. The van der Waals surface area contributed by atoms with Crippen LogP contribution in [0.25, 0.3) is 0 Å². The summed E-state index contributed by atoms with van der Waals surface area (Å²) in [5, 5.41) is 8.75. The molecule has 0 atom stereocenters. The van der Waals surface area contributed by atoms with Gasteiger partial charge in [-0.3, -0.25) is 4.79 Å². The van der Waals surface area contributed by atoms with Crippen LogP contribution >= 0.6 is 0 Å². The van der Waals surface area contributed by atoms with E-state index < -0.39 is 5.97 Å². The molecule has 0 aliphatic rings. The minimum atomic E-state index is -0.810.